The molecule has 1 N–H and O–H groups in total. The largest absolute Gasteiger partial charge is 0.486 e. The van der Waals surface area contributed by atoms with Crippen molar-refractivity contribution in [2.75, 3.05) is 4.90 Å². The van der Waals surface area contributed by atoms with E-state index in [4.69, 9.17) is 21.4 Å². The summed E-state index contributed by atoms with van der Waals surface area (Å²) in [6, 6.07) is 17.0. The van der Waals surface area contributed by atoms with Crippen molar-refractivity contribution in [3.63, 3.8) is 0 Å². The zero-order valence-corrected chi connectivity index (χ0v) is 17.0. The SMILES string of the molecule is CCc1ccc(OCc2ccc(/C=C3/NC(=S)N(c4ccc(F)cc4)C3=O)o2)cc1. The van der Waals surface area contributed by atoms with Crippen LogP contribution in [-0.4, -0.2) is 11.0 Å². The lowest BCUT2D eigenvalue weighted by molar-refractivity contribution is -0.113. The van der Waals surface area contributed by atoms with Crippen LogP contribution in [0.25, 0.3) is 6.08 Å². The fourth-order valence-corrected chi connectivity index (χ4v) is 3.33. The molecule has 5 nitrogen and oxygen atoms in total. The van der Waals surface area contributed by atoms with Gasteiger partial charge in [-0.25, -0.2) is 4.39 Å². The molecular weight excluding hydrogens is 403 g/mol. The summed E-state index contributed by atoms with van der Waals surface area (Å²) in [5.41, 5.74) is 2.02. The van der Waals surface area contributed by atoms with Crippen molar-refractivity contribution in [2.45, 2.75) is 20.0 Å². The minimum absolute atomic E-state index is 0.225. The van der Waals surface area contributed by atoms with Crippen molar-refractivity contribution < 1.29 is 18.3 Å². The van der Waals surface area contributed by atoms with Crippen LogP contribution >= 0.6 is 12.2 Å². The Balaban J connectivity index is 1.43. The molecule has 0 unspecified atom stereocenters. The molecule has 2 heterocycles. The Labute approximate surface area is 178 Å². The molecule has 1 aromatic heterocycles. The summed E-state index contributed by atoms with van der Waals surface area (Å²) in [6.45, 7) is 2.38. The Hall–Kier alpha value is -3.45. The van der Waals surface area contributed by atoms with E-state index in [0.29, 0.717) is 17.2 Å². The summed E-state index contributed by atoms with van der Waals surface area (Å²) in [6.07, 6.45) is 2.56. The third-order valence-electron chi connectivity index (χ3n) is 4.64. The first-order valence-electron chi connectivity index (χ1n) is 9.46. The maximum atomic E-state index is 13.2. The number of nitrogens with zero attached hydrogens (tertiary/aromatic N) is 1. The fourth-order valence-electron chi connectivity index (χ4n) is 3.03. The van der Waals surface area contributed by atoms with Crippen molar-refractivity contribution in [2.24, 2.45) is 0 Å². The zero-order chi connectivity index (χ0) is 21.1. The maximum absolute atomic E-state index is 13.2. The van der Waals surface area contributed by atoms with E-state index >= 15 is 0 Å². The molecule has 3 aromatic rings. The molecule has 0 spiro atoms. The number of thiocarbonyl (C=S) groups is 1. The number of carbonyl (C=O) groups is 1. The number of carbonyl (C=O) groups excluding carboxylic acids is 1. The van der Waals surface area contributed by atoms with Crippen LogP contribution in [0, 0.1) is 5.82 Å². The second-order valence-corrected chi connectivity index (χ2v) is 7.08. The molecule has 0 aliphatic carbocycles. The Morgan fingerprint density at radius 1 is 1.10 bits per heavy atom. The van der Waals surface area contributed by atoms with E-state index in [1.807, 2.05) is 24.3 Å². The van der Waals surface area contributed by atoms with Gasteiger partial charge in [-0.1, -0.05) is 19.1 Å². The number of hydrogen-bond acceptors (Lipinski definition) is 4. The van der Waals surface area contributed by atoms with Gasteiger partial charge in [0.05, 0.1) is 5.69 Å². The lowest BCUT2D eigenvalue weighted by Gasteiger charge is -2.13. The molecule has 1 aliphatic rings. The van der Waals surface area contributed by atoms with Gasteiger partial charge in [-0.05, 0) is 72.7 Å². The van der Waals surface area contributed by atoms with Crippen molar-refractivity contribution in [3.8, 4) is 5.75 Å². The number of halogens is 1. The molecule has 4 rings (SSSR count). The average Bonchev–Trinajstić information content (AvgIpc) is 3.31. The Morgan fingerprint density at radius 2 is 1.83 bits per heavy atom. The van der Waals surface area contributed by atoms with Crippen LogP contribution < -0.4 is 15.0 Å². The summed E-state index contributed by atoms with van der Waals surface area (Å²) >= 11 is 5.25. The predicted octanol–water partition coefficient (Wildman–Crippen LogP) is 4.82. The molecule has 0 atom stereocenters. The lowest BCUT2D eigenvalue weighted by Crippen LogP contribution is -2.30. The summed E-state index contributed by atoms with van der Waals surface area (Å²) in [5.74, 6) is 1.17. The van der Waals surface area contributed by atoms with Gasteiger partial charge in [-0.2, -0.15) is 0 Å². The normalized spacial score (nSPS) is 15.0. The number of anilines is 1. The van der Waals surface area contributed by atoms with Gasteiger partial charge in [0, 0.05) is 6.08 Å². The summed E-state index contributed by atoms with van der Waals surface area (Å²) in [4.78, 5) is 14.0. The van der Waals surface area contributed by atoms with Crippen LogP contribution in [0.5, 0.6) is 5.75 Å². The van der Waals surface area contributed by atoms with Crippen molar-refractivity contribution in [3.05, 3.63) is 89.3 Å². The predicted molar refractivity (Wildman–Crippen MR) is 116 cm³/mol. The van der Waals surface area contributed by atoms with E-state index < -0.39 is 0 Å². The van der Waals surface area contributed by atoms with Crippen molar-refractivity contribution >= 4 is 35.0 Å². The highest BCUT2D eigenvalue weighted by molar-refractivity contribution is 7.80. The number of aryl methyl sites for hydroxylation is 1. The first-order chi connectivity index (χ1) is 14.5. The highest BCUT2D eigenvalue weighted by Crippen LogP contribution is 2.23. The van der Waals surface area contributed by atoms with Gasteiger partial charge in [0.2, 0.25) is 0 Å². The minimum Gasteiger partial charge on any atom is -0.486 e. The maximum Gasteiger partial charge on any atom is 0.281 e. The summed E-state index contributed by atoms with van der Waals surface area (Å²) in [5, 5.41) is 3.10. The number of benzene rings is 2. The topological polar surface area (TPSA) is 54.7 Å². The van der Waals surface area contributed by atoms with E-state index in [0.717, 1.165) is 12.2 Å². The molecule has 7 heteroatoms. The van der Waals surface area contributed by atoms with E-state index in [1.54, 1.807) is 18.2 Å². The van der Waals surface area contributed by atoms with Crippen molar-refractivity contribution in [1.29, 1.82) is 0 Å². The standard InChI is InChI=1S/C23H19FN2O3S/c1-2-15-3-9-18(10-4-15)28-14-20-12-11-19(29-20)13-21-22(27)26(23(30)25-21)17-7-5-16(24)6-8-17/h3-13H,2,14H2,1H3,(H,25,30)/b21-13+. The van der Waals surface area contributed by atoms with Crippen LogP contribution in [0.15, 0.2) is 70.8 Å². The second kappa shape index (κ2) is 8.51. The molecule has 1 amide bonds. The molecule has 0 radical (unpaired) electrons. The number of rotatable bonds is 6. The van der Waals surface area contributed by atoms with E-state index in [2.05, 4.69) is 12.2 Å². The Morgan fingerprint density at radius 3 is 2.53 bits per heavy atom. The highest BCUT2D eigenvalue weighted by Gasteiger charge is 2.32. The smallest absolute Gasteiger partial charge is 0.281 e. The second-order valence-electron chi connectivity index (χ2n) is 6.70. The van der Waals surface area contributed by atoms with Crippen molar-refractivity contribution in [1.82, 2.24) is 5.32 Å². The zero-order valence-electron chi connectivity index (χ0n) is 16.2. The first kappa shape index (κ1) is 19.8. The van der Waals surface area contributed by atoms with E-state index in [-0.39, 0.29) is 29.1 Å². The highest BCUT2D eigenvalue weighted by atomic mass is 32.1. The molecule has 0 saturated carbocycles. The summed E-state index contributed by atoms with van der Waals surface area (Å²) < 4.78 is 24.6. The fraction of sp³-hybridized carbons (Fsp3) is 0.130. The van der Waals surface area contributed by atoms with Crippen LogP contribution in [0.3, 0.4) is 0 Å². The summed E-state index contributed by atoms with van der Waals surface area (Å²) in [7, 11) is 0. The van der Waals surface area contributed by atoms with E-state index in [9.17, 15) is 9.18 Å². The minimum atomic E-state index is -0.383. The van der Waals surface area contributed by atoms with Crippen LogP contribution in [-0.2, 0) is 17.8 Å². The van der Waals surface area contributed by atoms with Gasteiger partial charge < -0.3 is 14.5 Å². The van der Waals surface area contributed by atoms with Gasteiger partial charge in [-0.3, -0.25) is 9.69 Å². The average molecular weight is 422 g/mol. The lowest BCUT2D eigenvalue weighted by atomic mass is 10.2. The number of nitrogens with one attached hydrogen (secondary N) is 1. The molecule has 1 saturated heterocycles. The Kier molecular flexibility index (Phi) is 5.63. The molecule has 0 bridgehead atoms. The van der Waals surface area contributed by atoms with Gasteiger partial charge >= 0.3 is 0 Å². The molecule has 2 aromatic carbocycles. The number of ether oxygens (including phenoxy) is 1. The van der Waals surface area contributed by atoms with Gasteiger partial charge in [0.1, 0.15) is 35.4 Å². The molecule has 1 aliphatic heterocycles. The quantitative estimate of drug-likeness (QED) is 0.456. The van der Waals surface area contributed by atoms with E-state index in [1.165, 1.54) is 34.7 Å². The first-order valence-corrected chi connectivity index (χ1v) is 9.87. The molecule has 30 heavy (non-hydrogen) atoms. The van der Waals surface area contributed by atoms with Crippen LogP contribution in [0.4, 0.5) is 10.1 Å². The van der Waals surface area contributed by atoms with Crippen LogP contribution in [0.1, 0.15) is 24.0 Å². The number of amides is 1. The third kappa shape index (κ3) is 4.26. The van der Waals surface area contributed by atoms with Gasteiger partial charge in [0.15, 0.2) is 5.11 Å². The third-order valence-corrected chi connectivity index (χ3v) is 4.93. The van der Waals surface area contributed by atoms with Crippen LogP contribution in [0.2, 0.25) is 0 Å². The molecule has 1 fully saturated rings. The Bertz CT molecular complexity index is 1100. The van der Waals surface area contributed by atoms with Gasteiger partial charge in [0.25, 0.3) is 5.91 Å². The number of hydrogen-bond donors (Lipinski definition) is 1. The monoisotopic (exact) mass is 422 g/mol. The molecule has 152 valence electrons. The molecular formula is C23H19FN2O3S. The number of furan rings is 1. The van der Waals surface area contributed by atoms with Gasteiger partial charge in [-0.15, -0.1) is 0 Å².